The minimum atomic E-state index is -0.382. The molecule has 0 saturated heterocycles. The zero-order chi connectivity index (χ0) is 14.1. The lowest BCUT2D eigenvalue weighted by Gasteiger charge is -1.96. The molecule has 3 aromatic rings. The highest BCUT2D eigenvalue weighted by molar-refractivity contribution is 14.1. The normalized spacial score (nSPS) is 10.7. The maximum Gasteiger partial charge on any atom is 0.293 e. The first-order valence-electron chi connectivity index (χ1n) is 5.28. The number of carbonyl (C=O) groups excluding carboxylic acids is 1. The summed E-state index contributed by atoms with van der Waals surface area (Å²) in [4.78, 5) is 16.1. The zero-order valence-corrected chi connectivity index (χ0v) is 14.2. The number of hydrogen-bond acceptors (Lipinski definition) is 6. The van der Waals surface area contributed by atoms with Gasteiger partial charge >= 0.3 is 0 Å². The number of halogens is 2. The van der Waals surface area contributed by atoms with Crippen molar-refractivity contribution < 1.29 is 13.6 Å². The summed E-state index contributed by atoms with van der Waals surface area (Å²) < 4.78 is 15.9. The molecular formula is C11H5BrIN3O3S. The smallest absolute Gasteiger partial charge is 0.293 e. The van der Waals surface area contributed by atoms with E-state index < -0.39 is 0 Å². The fourth-order valence-electron chi connectivity index (χ4n) is 1.40. The molecular weight excluding hydrogens is 461 g/mol. The lowest BCUT2D eigenvalue weighted by molar-refractivity contribution is 0.0995. The summed E-state index contributed by atoms with van der Waals surface area (Å²) in [6.45, 7) is 0. The summed E-state index contributed by atoms with van der Waals surface area (Å²) in [7, 11) is 0. The van der Waals surface area contributed by atoms with Crippen molar-refractivity contribution >= 4 is 61.1 Å². The summed E-state index contributed by atoms with van der Waals surface area (Å²) in [6.07, 6.45) is 0. The topological polar surface area (TPSA) is 81.2 Å². The maximum atomic E-state index is 11.9. The van der Waals surface area contributed by atoms with Crippen LogP contribution in [-0.4, -0.2) is 15.3 Å². The van der Waals surface area contributed by atoms with Gasteiger partial charge in [0.1, 0.15) is 0 Å². The lowest BCUT2D eigenvalue weighted by Crippen LogP contribution is -2.10. The van der Waals surface area contributed by atoms with Gasteiger partial charge in [-0.25, -0.2) is 0 Å². The number of amides is 1. The highest BCUT2D eigenvalue weighted by atomic mass is 127. The number of anilines is 1. The van der Waals surface area contributed by atoms with E-state index in [4.69, 9.17) is 8.83 Å². The van der Waals surface area contributed by atoms with Crippen LogP contribution in [0.1, 0.15) is 10.6 Å². The molecule has 20 heavy (non-hydrogen) atoms. The van der Waals surface area contributed by atoms with Crippen LogP contribution in [0.15, 0.2) is 37.8 Å². The van der Waals surface area contributed by atoms with Crippen LogP contribution in [0.3, 0.4) is 0 Å². The predicted molar refractivity (Wildman–Crippen MR) is 84.7 cm³/mol. The second-order valence-electron chi connectivity index (χ2n) is 3.58. The number of hydrogen-bond donors (Lipinski definition) is 1. The second-order valence-corrected chi connectivity index (χ2v) is 6.18. The van der Waals surface area contributed by atoms with Crippen molar-refractivity contribution in [2.45, 2.75) is 0 Å². The van der Waals surface area contributed by atoms with Crippen LogP contribution in [-0.2, 0) is 0 Å². The Labute approximate surface area is 139 Å². The molecule has 0 radical (unpaired) electrons. The predicted octanol–water partition coefficient (Wildman–Crippen LogP) is 4.01. The van der Waals surface area contributed by atoms with Gasteiger partial charge in [-0.15, -0.1) is 0 Å². The molecule has 0 aromatic carbocycles. The highest BCUT2D eigenvalue weighted by Crippen LogP contribution is 2.24. The quantitative estimate of drug-likeness (QED) is 0.591. The van der Waals surface area contributed by atoms with E-state index >= 15 is 0 Å². The average molecular weight is 466 g/mol. The van der Waals surface area contributed by atoms with E-state index in [2.05, 4.69) is 53.2 Å². The van der Waals surface area contributed by atoms with Crippen molar-refractivity contribution in [1.82, 2.24) is 9.36 Å². The van der Waals surface area contributed by atoms with Crippen LogP contribution in [0.2, 0.25) is 0 Å². The molecule has 6 nitrogen and oxygen atoms in total. The van der Waals surface area contributed by atoms with E-state index in [1.807, 2.05) is 6.07 Å². The van der Waals surface area contributed by atoms with Gasteiger partial charge in [-0.05, 0) is 62.8 Å². The van der Waals surface area contributed by atoms with Crippen LogP contribution in [0.5, 0.6) is 0 Å². The highest BCUT2D eigenvalue weighted by Gasteiger charge is 2.15. The van der Waals surface area contributed by atoms with Crippen LogP contribution >= 0.6 is 50.1 Å². The van der Waals surface area contributed by atoms with Crippen molar-refractivity contribution in [3.8, 4) is 11.6 Å². The van der Waals surface area contributed by atoms with E-state index in [9.17, 15) is 4.79 Å². The molecule has 0 bridgehead atoms. The van der Waals surface area contributed by atoms with E-state index in [-0.39, 0.29) is 11.7 Å². The van der Waals surface area contributed by atoms with E-state index in [0.717, 1.165) is 15.3 Å². The van der Waals surface area contributed by atoms with E-state index in [1.165, 1.54) is 0 Å². The molecule has 9 heteroatoms. The average Bonchev–Trinajstić information content (AvgIpc) is 3.10. The SMILES string of the molecule is O=C(Nc1nc(-c2ccc(I)o2)ns1)c1ccc(Br)o1. The molecule has 0 unspecified atom stereocenters. The Bertz CT molecular complexity index is 766. The number of carbonyl (C=O) groups is 1. The molecule has 0 fully saturated rings. The maximum absolute atomic E-state index is 11.9. The molecule has 0 aliphatic carbocycles. The molecule has 0 spiro atoms. The van der Waals surface area contributed by atoms with Crippen molar-refractivity contribution in [2.24, 2.45) is 0 Å². The van der Waals surface area contributed by atoms with Gasteiger partial charge in [0, 0.05) is 11.5 Å². The Morgan fingerprint density at radius 2 is 2.15 bits per heavy atom. The first-order chi connectivity index (χ1) is 9.61. The van der Waals surface area contributed by atoms with Crippen molar-refractivity contribution in [3.05, 3.63) is 38.5 Å². The van der Waals surface area contributed by atoms with E-state index in [0.29, 0.717) is 21.4 Å². The summed E-state index contributed by atoms with van der Waals surface area (Å²) in [5.41, 5.74) is 0. The summed E-state index contributed by atoms with van der Waals surface area (Å²) >= 11 is 6.27. The molecule has 3 rings (SSSR count). The van der Waals surface area contributed by atoms with Crippen LogP contribution in [0.25, 0.3) is 11.6 Å². The first-order valence-corrected chi connectivity index (χ1v) is 7.92. The van der Waals surface area contributed by atoms with Crippen molar-refractivity contribution in [3.63, 3.8) is 0 Å². The van der Waals surface area contributed by atoms with Gasteiger partial charge in [0.25, 0.3) is 5.91 Å². The van der Waals surface area contributed by atoms with Crippen LogP contribution in [0.4, 0.5) is 5.13 Å². The standard InChI is InChI=1S/C11H5BrIN3O3S/c12-7-3-1-6(18-7)10(17)15-11-14-9(16-20-11)5-2-4-8(13)19-5/h1-4H,(H,14,15,16,17). The molecule has 0 aliphatic rings. The van der Waals surface area contributed by atoms with Gasteiger partial charge in [-0.3, -0.25) is 10.1 Å². The molecule has 1 N–H and O–H groups in total. The van der Waals surface area contributed by atoms with Gasteiger partial charge in [-0.2, -0.15) is 9.36 Å². The van der Waals surface area contributed by atoms with Gasteiger partial charge in [0.15, 0.2) is 20.0 Å². The molecule has 0 atom stereocenters. The Morgan fingerprint density at radius 3 is 2.80 bits per heavy atom. The second kappa shape index (κ2) is 5.66. The van der Waals surface area contributed by atoms with Crippen LogP contribution in [0, 0.1) is 3.77 Å². The molecule has 3 aromatic heterocycles. The lowest BCUT2D eigenvalue weighted by atomic mass is 10.4. The Morgan fingerprint density at radius 1 is 1.30 bits per heavy atom. The summed E-state index contributed by atoms with van der Waals surface area (Å²) in [6, 6.07) is 6.80. The fraction of sp³-hybridized carbons (Fsp3) is 0. The third-order valence-corrected chi connectivity index (χ3v) is 3.87. The minimum absolute atomic E-state index is 0.196. The fourth-order valence-corrected chi connectivity index (χ4v) is 2.70. The number of aromatic nitrogens is 2. The number of nitrogens with one attached hydrogen (secondary N) is 1. The van der Waals surface area contributed by atoms with E-state index in [1.54, 1.807) is 18.2 Å². The van der Waals surface area contributed by atoms with Crippen molar-refractivity contribution in [2.75, 3.05) is 5.32 Å². The Balaban J connectivity index is 1.76. The largest absolute Gasteiger partial charge is 0.447 e. The molecule has 0 saturated carbocycles. The third-order valence-electron chi connectivity index (χ3n) is 2.24. The molecule has 0 aliphatic heterocycles. The van der Waals surface area contributed by atoms with Gasteiger partial charge in [0.2, 0.25) is 11.0 Å². The van der Waals surface area contributed by atoms with Crippen LogP contribution < -0.4 is 5.32 Å². The first kappa shape index (κ1) is 13.8. The zero-order valence-electron chi connectivity index (χ0n) is 9.59. The Kier molecular flexibility index (Phi) is 3.89. The molecule has 3 heterocycles. The molecule has 102 valence electrons. The monoisotopic (exact) mass is 465 g/mol. The number of furan rings is 2. The molecule has 1 amide bonds. The number of nitrogens with zero attached hydrogens (tertiary/aromatic N) is 2. The van der Waals surface area contributed by atoms with Gasteiger partial charge in [0.05, 0.1) is 0 Å². The van der Waals surface area contributed by atoms with Gasteiger partial charge in [-0.1, -0.05) is 0 Å². The summed E-state index contributed by atoms with van der Waals surface area (Å²) in [5, 5.41) is 2.99. The minimum Gasteiger partial charge on any atom is -0.447 e. The van der Waals surface area contributed by atoms with Crippen molar-refractivity contribution in [1.29, 1.82) is 0 Å². The number of rotatable bonds is 3. The summed E-state index contributed by atoms with van der Waals surface area (Å²) in [5.74, 6) is 0.814. The third kappa shape index (κ3) is 2.94. The Hall–Kier alpha value is -1.20. The van der Waals surface area contributed by atoms with Gasteiger partial charge < -0.3 is 8.83 Å².